The molecule has 1 aromatic carbocycles. The Bertz CT molecular complexity index is 895. The molecule has 3 saturated heterocycles. The molecule has 8 heteroatoms. The lowest BCUT2D eigenvalue weighted by molar-refractivity contribution is -0.141. The number of ether oxygens (including phenoxy) is 1. The Hall–Kier alpha value is -2.48. The zero-order valence-corrected chi connectivity index (χ0v) is 20.3. The second kappa shape index (κ2) is 9.64. The maximum absolute atomic E-state index is 13.6. The van der Waals surface area contributed by atoms with Gasteiger partial charge in [-0.3, -0.25) is 4.79 Å². The second-order valence-corrected chi connectivity index (χ2v) is 10.5. The highest BCUT2D eigenvalue weighted by Gasteiger charge is 2.51. The van der Waals surface area contributed by atoms with Gasteiger partial charge in [-0.25, -0.2) is 4.79 Å². The fraction of sp³-hybridized carbons (Fsp3) is 0.692. The predicted molar refractivity (Wildman–Crippen MR) is 130 cm³/mol. The van der Waals surface area contributed by atoms with E-state index in [1.807, 2.05) is 28.0 Å². The number of hydrogen-bond acceptors (Lipinski definition) is 5. The largest absolute Gasteiger partial charge is 0.497 e. The maximum atomic E-state index is 13.6. The summed E-state index contributed by atoms with van der Waals surface area (Å²) in [5, 5.41) is 9.84. The molecule has 0 bridgehead atoms. The van der Waals surface area contributed by atoms with Gasteiger partial charge in [0, 0.05) is 63.6 Å². The Labute approximate surface area is 202 Å². The van der Waals surface area contributed by atoms with Crippen molar-refractivity contribution in [1.82, 2.24) is 14.7 Å². The third-order valence-corrected chi connectivity index (χ3v) is 8.47. The molecule has 1 saturated carbocycles. The van der Waals surface area contributed by atoms with Gasteiger partial charge in [-0.15, -0.1) is 0 Å². The minimum atomic E-state index is -0.410. The number of hydrogen-bond donors (Lipinski definition) is 1. The summed E-state index contributed by atoms with van der Waals surface area (Å²) in [7, 11) is 1.68. The molecule has 3 amide bonds. The second-order valence-electron chi connectivity index (χ2n) is 10.5. The molecule has 1 aromatic rings. The van der Waals surface area contributed by atoms with Crippen LogP contribution in [0.2, 0.25) is 0 Å². The van der Waals surface area contributed by atoms with Crippen LogP contribution in [0.15, 0.2) is 24.3 Å². The molecule has 5 rings (SSSR count). The smallest absolute Gasteiger partial charge is 0.320 e. The summed E-state index contributed by atoms with van der Waals surface area (Å²) in [5.74, 6) is 1.09. The van der Waals surface area contributed by atoms with E-state index in [0.717, 1.165) is 82.6 Å². The molecule has 1 atom stereocenters. The molecule has 3 aliphatic heterocycles. The van der Waals surface area contributed by atoms with Gasteiger partial charge in [0.2, 0.25) is 5.91 Å². The van der Waals surface area contributed by atoms with Crippen molar-refractivity contribution in [2.45, 2.75) is 57.1 Å². The average molecular weight is 471 g/mol. The molecule has 1 aliphatic carbocycles. The van der Waals surface area contributed by atoms with Gasteiger partial charge >= 0.3 is 6.03 Å². The topological polar surface area (TPSA) is 76.6 Å². The first kappa shape index (κ1) is 23.3. The Morgan fingerprint density at radius 2 is 1.76 bits per heavy atom. The van der Waals surface area contributed by atoms with E-state index in [4.69, 9.17) is 4.74 Å². The van der Waals surface area contributed by atoms with Crippen molar-refractivity contribution in [3.63, 3.8) is 0 Å². The van der Waals surface area contributed by atoms with Crippen molar-refractivity contribution in [3.8, 4) is 5.75 Å². The number of likely N-dealkylation sites (tertiary alicyclic amines) is 2. The fourth-order valence-corrected chi connectivity index (χ4v) is 6.40. The van der Waals surface area contributed by atoms with E-state index < -0.39 is 5.41 Å². The molecule has 3 heterocycles. The van der Waals surface area contributed by atoms with E-state index in [2.05, 4.69) is 15.9 Å². The molecular formula is C26H38N4O4. The Morgan fingerprint density at radius 3 is 2.50 bits per heavy atom. The zero-order chi connectivity index (χ0) is 23.7. The monoisotopic (exact) mass is 470 g/mol. The van der Waals surface area contributed by atoms with Crippen LogP contribution in [0.5, 0.6) is 5.75 Å². The normalized spacial score (nSPS) is 30.2. The number of benzene rings is 1. The number of methoxy groups -OCH3 is 1. The van der Waals surface area contributed by atoms with E-state index in [-0.39, 0.29) is 24.1 Å². The number of carbonyl (C=O) groups is 2. The molecule has 8 nitrogen and oxygen atoms in total. The summed E-state index contributed by atoms with van der Waals surface area (Å²) in [6, 6.07) is 8.40. The first-order chi connectivity index (χ1) is 16.5. The fourth-order valence-electron chi connectivity index (χ4n) is 6.40. The minimum Gasteiger partial charge on any atom is -0.497 e. The van der Waals surface area contributed by atoms with Gasteiger partial charge in [-0.05, 0) is 57.1 Å². The standard InChI is InChI=1S/C26H38N4O4/c1-34-23-5-2-4-21(18-23)27-14-16-28(17-15-27)25(33)29-12-3-10-26(19-29)11-13-30(24(26)32)20-6-8-22(31)9-7-20/h2,4-5,18,20,22,31H,3,6-17,19H2,1H3/t20-,22-,26-/m1/s1. The van der Waals surface area contributed by atoms with E-state index in [0.29, 0.717) is 19.6 Å². The lowest BCUT2D eigenvalue weighted by Crippen LogP contribution is -2.57. The molecule has 0 radical (unpaired) electrons. The van der Waals surface area contributed by atoms with Crippen molar-refractivity contribution >= 4 is 17.6 Å². The van der Waals surface area contributed by atoms with Crippen molar-refractivity contribution in [3.05, 3.63) is 24.3 Å². The summed E-state index contributed by atoms with van der Waals surface area (Å²) in [6.07, 6.45) is 5.76. The number of amides is 3. The maximum Gasteiger partial charge on any atom is 0.320 e. The van der Waals surface area contributed by atoms with Crippen LogP contribution in [-0.2, 0) is 4.79 Å². The Morgan fingerprint density at radius 1 is 1.00 bits per heavy atom. The first-order valence-corrected chi connectivity index (χ1v) is 12.9. The predicted octanol–water partition coefficient (Wildman–Crippen LogP) is 2.56. The van der Waals surface area contributed by atoms with E-state index >= 15 is 0 Å². The molecule has 4 aliphatic rings. The number of carbonyl (C=O) groups excluding carboxylic acids is 2. The molecular weight excluding hydrogens is 432 g/mol. The van der Waals surface area contributed by atoms with E-state index in [1.54, 1.807) is 7.11 Å². The van der Waals surface area contributed by atoms with Crippen molar-refractivity contribution in [2.24, 2.45) is 5.41 Å². The van der Waals surface area contributed by atoms with E-state index in [9.17, 15) is 14.7 Å². The van der Waals surface area contributed by atoms with Gasteiger partial charge in [0.05, 0.1) is 18.6 Å². The number of piperazine rings is 1. The SMILES string of the molecule is COc1cccc(N2CCN(C(=O)N3CCC[C@@]4(CCN([C@H]5CC[C@H](O)CC5)C4=O)C3)CC2)c1. The highest BCUT2D eigenvalue weighted by molar-refractivity contribution is 5.86. The quantitative estimate of drug-likeness (QED) is 0.735. The molecule has 34 heavy (non-hydrogen) atoms. The van der Waals surface area contributed by atoms with E-state index in [1.165, 1.54) is 0 Å². The van der Waals surface area contributed by atoms with Crippen LogP contribution in [0.3, 0.4) is 0 Å². The number of piperidine rings is 1. The molecule has 186 valence electrons. The van der Waals surface area contributed by atoms with Crippen molar-refractivity contribution in [2.75, 3.05) is 57.8 Å². The van der Waals surface area contributed by atoms with Crippen LogP contribution in [-0.4, -0.2) is 96.8 Å². The average Bonchev–Trinajstić information content (AvgIpc) is 3.19. The number of aliphatic hydroxyl groups is 1. The molecule has 4 fully saturated rings. The van der Waals surface area contributed by atoms with Crippen molar-refractivity contribution < 1.29 is 19.4 Å². The number of nitrogens with zero attached hydrogens (tertiary/aromatic N) is 4. The van der Waals surface area contributed by atoms with Gasteiger partial charge in [0.1, 0.15) is 5.75 Å². The van der Waals surface area contributed by atoms with Crippen LogP contribution in [0.25, 0.3) is 0 Å². The summed E-state index contributed by atoms with van der Waals surface area (Å²) >= 11 is 0. The Balaban J connectivity index is 1.18. The van der Waals surface area contributed by atoms with Crippen LogP contribution in [0.4, 0.5) is 10.5 Å². The number of anilines is 1. The highest BCUT2D eigenvalue weighted by atomic mass is 16.5. The number of urea groups is 1. The molecule has 1 spiro atoms. The minimum absolute atomic E-state index is 0.0800. The van der Waals surface area contributed by atoms with Crippen LogP contribution >= 0.6 is 0 Å². The highest BCUT2D eigenvalue weighted by Crippen LogP contribution is 2.42. The summed E-state index contributed by atoms with van der Waals surface area (Å²) in [5.41, 5.74) is 0.710. The third kappa shape index (κ3) is 4.44. The molecule has 0 aromatic heterocycles. The van der Waals surface area contributed by atoms with Gasteiger partial charge in [0.25, 0.3) is 0 Å². The van der Waals surface area contributed by atoms with Crippen LogP contribution in [0.1, 0.15) is 44.9 Å². The van der Waals surface area contributed by atoms with Gasteiger partial charge in [-0.1, -0.05) is 6.07 Å². The Kier molecular flexibility index (Phi) is 6.60. The van der Waals surface area contributed by atoms with Gasteiger partial charge in [0.15, 0.2) is 0 Å². The lowest BCUT2D eigenvalue weighted by atomic mass is 9.78. The van der Waals surface area contributed by atoms with Crippen molar-refractivity contribution in [1.29, 1.82) is 0 Å². The zero-order valence-electron chi connectivity index (χ0n) is 20.3. The first-order valence-electron chi connectivity index (χ1n) is 12.9. The van der Waals surface area contributed by atoms with Crippen LogP contribution in [0, 0.1) is 5.41 Å². The number of aliphatic hydroxyl groups excluding tert-OH is 1. The van der Waals surface area contributed by atoms with Crippen LogP contribution < -0.4 is 9.64 Å². The summed E-state index contributed by atoms with van der Waals surface area (Å²) < 4.78 is 5.35. The molecule has 0 unspecified atom stereocenters. The third-order valence-electron chi connectivity index (χ3n) is 8.47. The summed E-state index contributed by atoms with van der Waals surface area (Å²) in [6.45, 7) is 5.03. The summed E-state index contributed by atoms with van der Waals surface area (Å²) in [4.78, 5) is 35.2. The van der Waals surface area contributed by atoms with Gasteiger partial charge in [-0.2, -0.15) is 0 Å². The lowest BCUT2D eigenvalue weighted by Gasteiger charge is -2.43. The van der Waals surface area contributed by atoms with Gasteiger partial charge < -0.3 is 29.4 Å². The molecule has 1 N–H and O–H groups in total. The number of rotatable bonds is 3.